The van der Waals surface area contributed by atoms with E-state index in [-0.39, 0.29) is 5.56 Å². The van der Waals surface area contributed by atoms with Crippen LogP contribution < -0.4 is 5.32 Å². The van der Waals surface area contributed by atoms with Gasteiger partial charge in [-0.15, -0.1) is 0 Å². The smallest absolute Gasteiger partial charge is 0.337 e. The van der Waals surface area contributed by atoms with E-state index in [1.54, 1.807) is 6.07 Å². The summed E-state index contributed by atoms with van der Waals surface area (Å²) < 4.78 is 5.13. The van der Waals surface area contributed by atoms with Crippen molar-refractivity contribution in [2.45, 2.75) is 18.6 Å². The summed E-state index contributed by atoms with van der Waals surface area (Å²) >= 11 is 0. The summed E-state index contributed by atoms with van der Waals surface area (Å²) in [5.74, 6) is -0.987. The molecule has 1 aromatic rings. The fraction of sp³-hybridized carbons (Fsp3) is 0.500. The zero-order valence-corrected chi connectivity index (χ0v) is 9.93. The van der Waals surface area contributed by atoms with Crippen LogP contribution in [0.15, 0.2) is 18.3 Å². The van der Waals surface area contributed by atoms with E-state index in [2.05, 4.69) is 10.3 Å². The van der Waals surface area contributed by atoms with E-state index < -0.39 is 11.6 Å². The Morgan fingerprint density at radius 3 is 2.94 bits per heavy atom. The number of nitrogens with one attached hydrogen (secondary N) is 1. The molecule has 6 heteroatoms. The number of aromatic carboxylic acids is 1. The number of hydrogen-bond donors (Lipinski definition) is 3. The van der Waals surface area contributed by atoms with E-state index >= 15 is 0 Å². The lowest BCUT2D eigenvalue weighted by atomic mass is 10.0. The second-order valence-corrected chi connectivity index (χ2v) is 4.47. The molecule has 0 amide bonds. The summed E-state index contributed by atoms with van der Waals surface area (Å²) in [6.07, 6.45) is 1.96. The molecule has 1 saturated heterocycles. The van der Waals surface area contributed by atoms with Gasteiger partial charge in [-0.1, -0.05) is 0 Å². The highest BCUT2D eigenvalue weighted by atomic mass is 16.5. The normalized spacial score (nSPS) is 23.2. The molecule has 1 aromatic heterocycles. The highest BCUT2D eigenvalue weighted by Gasteiger charge is 2.31. The van der Waals surface area contributed by atoms with Gasteiger partial charge in [0.15, 0.2) is 0 Å². The maximum atomic E-state index is 10.6. The van der Waals surface area contributed by atoms with E-state index in [9.17, 15) is 9.90 Å². The molecule has 2 rings (SSSR count). The second-order valence-electron chi connectivity index (χ2n) is 4.47. The fourth-order valence-electron chi connectivity index (χ4n) is 1.81. The number of pyridine rings is 1. The van der Waals surface area contributed by atoms with Crippen molar-refractivity contribution in [3.05, 3.63) is 29.6 Å². The average Bonchev–Trinajstić information content (AvgIpc) is 2.77. The lowest BCUT2D eigenvalue weighted by Crippen LogP contribution is -2.40. The standard InChI is InChI=1S/C12H16N2O4/c15-11(16)9-1-2-10(14-5-9)6-13-7-12(17)3-4-18-8-12/h1-2,5,13,17H,3-4,6-8H2,(H,15,16). The number of aromatic nitrogens is 1. The van der Waals surface area contributed by atoms with Crippen LogP contribution in [0, 0.1) is 0 Å². The van der Waals surface area contributed by atoms with Gasteiger partial charge in [0, 0.05) is 32.3 Å². The van der Waals surface area contributed by atoms with Crippen LogP contribution in [0.25, 0.3) is 0 Å². The molecule has 0 saturated carbocycles. The van der Waals surface area contributed by atoms with Crippen molar-refractivity contribution in [1.82, 2.24) is 10.3 Å². The van der Waals surface area contributed by atoms with Crippen molar-refractivity contribution in [3.8, 4) is 0 Å². The van der Waals surface area contributed by atoms with Gasteiger partial charge in [0.1, 0.15) is 5.60 Å². The number of carboxylic acids is 1. The molecule has 0 aromatic carbocycles. The number of aliphatic hydroxyl groups is 1. The Balaban J connectivity index is 1.81. The number of ether oxygens (including phenoxy) is 1. The fourth-order valence-corrected chi connectivity index (χ4v) is 1.81. The van der Waals surface area contributed by atoms with Crippen LogP contribution in [-0.4, -0.2) is 46.5 Å². The Labute approximate surface area is 105 Å². The van der Waals surface area contributed by atoms with Gasteiger partial charge in [-0.05, 0) is 12.1 Å². The summed E-state index contributed by atoms with van der Waals surface area (Å²) in [6, 6.07) is 3.17. The Bertz CT molecular complexity index is 413. The first-order chi connectivity index (χ1) is 8.59. The number of carboxylic acid groups (broad SMARTS) is 1. The van der Waals surface area contributed by atoms with Crippen molar-refractivity contribution in [2.24, 2.45) is 0 Å². The minimum atomic E-state index is -0.987. The first-order valence-electron chi connectivity index (χ1n) is 5.78. The Morgan fingerprint density at radius 1 is 1.56 bits per heavy atom. The highest BCUT2D eigenvalue weighted by molar-refractivity contribution is 5.87. The largest absolute Gasteiger partial charge is 0.478 e. The molecule has 98 valence electrons. The summed E-state index contributed by atoms with van der Waals surface area (Å²) in [5, 5.41) is 21.8. The zero-order chi connectivity index (χ0) is 13.0. The Morgan fingerprint density at radius 2 is 2.39 bits per heavy atom. The predicted octanol–water partition coefficient (Wildman–Crippen LogP) is 0.0208. The number of carbonyl (C=O) groups is 1. The van der Waals surface area contributed by atoms with Gasteiger partial charge >= 0.3 is 5.97 Å². The van der Waals surface area contributed by atoms with Gasteiger partial charge in [-0.25, -0.2) is 4.79 Å². The van der Waals surface area contributed by atoms with E-state index in [1.807, 2.05) is 0 Å². The quantitative estimate of drug-likeness (QED) is 0.684. The molecule has 1 aliphatic rings. The number of nitrogens with zero attached hydrogens (tertiary/aromatic N) is 1. The van der Waals surface area contributed by atoms with Crippen molar-refractivity contribution < 1.29 is 19.7 Å². The molecule has 3 N–H and O–H groups in total. The first-order valence-corrected chi connectivity index (χ1v) is 5.78. The molecule has 1 atom stereocenters. The third-order valence-corrected chi connectivity index (χ3v) is 2.91. The summed E-state index contributed by atoms with van der Waals surface area (Å²) in [4.78, 5) is 14.7. The lowest BCUT2D eigenvalue weighted by molar-refractivity contribution is 0.0268. The third kappa shape index (κ3) is 3.25. The van der Waals surface area contributed by atoms with Crippen LogP contribution in [0.1, 0.15) is 22.5 Å². The molecule has 18 heavy (non-hydrogen) atoms. The monoisotopic (exact) mass is 252 g/mol. The highest BCUT2D eigenvalue weighted by Crippen LogP contribution is 2.16. The Hall–Kier alpha value is -1.50. The molecule has 0 aliphatic carbocycles. The molecule has 0 spiro atoms. The summed E-state index contributed by atoms with van der Waals surface area (Å²) in [7, 11) is 0. The molecular weight excluding hydrogens is 236 g/mol. The zero-order valence-electron chi connectivity index (χ0n) is 9.93. The lowest BCUT2D eigenvalue weighted by Gasteiger charge is -2.20. The SMILES string of the molecule is O=C(O)c1ccc(CNCC2(O)CCOC2)nc1. The van der Waals surface area contributed by atoms with E-state index in [0.717, 1.165) is 5.69 Å². The van der Waals surface area contributed by atoms with E-state index in [0.29, 0.717) is 32.7 Å². The van der Waals surface area contributed by atoms with Crippen LogP contribution in [0.3, 0.4) is 0 Å². The van der Waals surface area contributed by atoms with Crippen molar-refractivity contribution in [2.75, 3.05) is 19.8 Å². The molecule has 2 heterocycles. The molecule has 1 fully saturated rings. The molecular formula is C12H16N2O4. The topological polar surface area (TPSA) is 91.7 Å². The van der Waals surface area contributed by atoms with Crippen LogP contribution in [0.2, 0.25) is 0 Å². The van der Waals surface area contributed by atoms with Gasteiger partial charge in [-0.2, -0.15) is 0 Å². The number of hydrogen-bond acceptors (Lipinski definition) is 5. The van der Waals surface area contributed by atoms with Crippen molar-refractivity contribution in [3.63, 3.8) is 0 Å². The van der Waals surface area contributed by atoms with Crippen molar-refractivity contribution >= 4 is 5.97 Å². The maximum Gasteiger partial charge on any atom is 0.337 e. The molecule has 0 bridgehead atoms. The van der Waals surface area contributed by atoms with E-state index in [4.69, 9.17) is 9.84 Å². The van der Waals surface area contributed by atoms with Crippen LogP contribution in [0.4, 0.5) is 0 Å². The van der Waals surface area contributed by atoms with Gasteiger partial charge in [0.25, 0.3) is 0 Å². The predicted molar refractivity (Wildman–Crippen MR) is 63.3 cm³/mol. The number of rotatable bonds is 5. The molecule has 1 unspecified atom stereocenters. The summed E-state index contributed by atoms with van der Waals surface area (Å²) in [6.45, 7) is 1.87. The maximum absolute atomic E-state index is 10.6. The van der Waals surface area contributed by atoms with Crippen LogP contribution >= 0.6 is 0 Å². The first kappa shape index (κ1) is 12.9. The van der Waals surface area contributed by atoms with Gasteiger partial charge in [0.2, 0.25) is 0 Å². The molecule has 6 nitrogen and oxygen atoms in total. The Kier molecular flexibility index (Phi) is 3.90. The van der Waals surface area contributed by atoms with Crippen LogP contribution in [-0.2, 0) is 11.3 Å². The average molecular weight is 252 g/mol. The van der Waals surface area contributed by atoms with Crippen molar-refractivity contribution in [1.29, 1.82) is 0 Å². The minimum absolute atomic E-state index is 0.168. The second kappa shape index (κ2) is 5.43. The van der Waals surface area contributed by atoms with Crippen LogP contribution in [0.5, 0.6) is 0 Å². The van der Waals surface area contributed by atoms with Gasteiger partial charge in [-0.3, -0.25) is 4.98 Å². The minimum Gasteiger partial charge on any atom is -0.478 e. The van der Waals surface area contributed by atoms with E-state index in [1.165, 1.54) is 12.3 Å². The van der Waals surface area contributed by atoms with Gasteiger partial charge in [0.05, 0.1) is 17.9 Å². The summed E-state index contributed by atoms with van der Waals surface area (Å²) in [5.41, 5.74) is 0.116. The molecule has 1 aliphatic heterocycles. The van der Waals surface area contributed by atoms with Gasteiger partial charge < -0.3 is 20.3 Å². The third-order valence-electron chi connectivity index (χ3n) is 2.91. The molecule has 0 radical (unpaired) electrons.